The SMILES string of the molecule is COC(CC(CNC(=O)CN(CCc1ccccn1)CCc1ccccn1)P(O)(O)(O)CC(C#N)N(C(C)C)C(C)C)(OC)C(c1ccccc1)(c1ccccc1)c1ccccc1. The molecule has 12 nitrogen and oxygen atoms in total. The Kier molecular flexibility index (Phi) is 17.2. The number of ether oxygens (including phenoxy) is 2. The van der Waals surface area contributed by atoms with Gasteiger partial charge in [0.2, 0.25) is 0 Å². The molecule has 0 radical (unpaired) electrons. The number of hydrogen-bond acceptors (Lipinski definition) is 11. The summed E-state index contributed by atoms with van der Waals surface area (Å²) in [7, 11) is -3.00. The van der Waals surface area contributed by atoms with Crippen molar-refractivity contribution in [3.63, 3.8) is 0 Å². The van der Waals surface area contributed by atoms with Crippen LogP contribution in [0.25, 0.3) is 0 Å². The molecule has 1 amide bonds. The number of aromatic nitrogens is 2. The van der Waals surface area contributed by atoms with Crippen LogP contribution in [0, 0.1) is 11.3 Å². The van der Waals surface area contributed by atoms with E-state index in [1.165, 1.54) is 14.2 Å². The van der Waals surface area contributed by atoms with Crippen LogP contribution in [-0.2, 0) is 32.5 Å². The van der Waals surface area contributed by atoms with Crippen LogP contribution >= 0.6 is 7.28 Å². The molecular formula is C50H65N6O6P. The predicted octanol–water partition coefficient (Wildman–Crippen LogP) is 6.75. The first-order valence-electron chi connectivity index (χ1n) is 21.7. The number of methoxy groups -OCH3 is 2. The average molecular weight is 877 g/mol. The van der Waals surface area contributed by atoms with E-state index in [0.29, 0.717) is 25.9 Å². The molecule has 2 heterocycles. The minimum absolute atomic E-state index is 0.0262. The molecule has 63 heavy (non-hydrogen) atoms. The van der Waals surface area contributed by atoms with E-state index in [2.05, 4.69) is 21.4 Å². The minimum atomic E-state index is -6.01. The number of nitriles is 1. The average Bonchev–Trinajstić information content (AvgIpc) is 3.29. The molecule has 0 bridgehead atoms. The summed E-state index contributed by atoms with van der Waals surface area (Å²) in [4.78, 5) is 65.0. The molecule has 0 aliphatic rings. The fourth-order valence-corrected chi connectivity index (χ4v) is 11.4. The third kappa shape index (κ3) is 12.0. The maximum absolute atomic E-state index is 14.2. The monoisotopic (exact) mass is 876 g/mol. The molecule has 0 saturated heterocycles. The summed E-state index contributed by atoms with van der Waals surface area (Å²) in [5, 5.41) is 13.6. The summed E-state index contributed by atoms with van der Waals surface area (Å²) in [5.74, 6) is -2.16. The van der Waals surface area contributed by atoms with Crippen LogP contribution in [0.2, 0.25) is 0 Å². The van der Waals surface area contributed by atoms with Crippen LogP contribution in [-0.4, -0.2) is 116 Å². The number of carbonyl (C=O) groups is 1. The summed E-state index contributed by atoms with van der Waals surface area (Å²) < 4.78 is 13.2. The molecule has 2 aromatic heterocycles. The van der Waals surface area contributed by atoms with E-state index < -0.39 is 42.3 Å². The Morgan fingerprint density at radius 1 is 0.714 bits per heavy atom. The van der Waals surface area contributed by atoms with Gasteiger partial charge < -0.3 is 0 Å². The number of amides is 1. The molecule has 2 unspecified atom stereocenters. The summed E-state index contributed by atoms with van der Waals surface area (Å²) in [5.41, 5.74) is 1.34. The molecule has 5 rings (SSSR count). The second kappa shape index (κ2) is 22.1. The standard InChI is InChI=1S/C50H65N6O6P/c1-39(2)56(40(3)4)46(35-51)38-63(58,59,60)47(36-54-48(57)37-55(32-28-44-26-16-18-30-52-44)33-29-45-27-17-19-31-53-45)34-49(61-5,62-6)50(41-20-10-7-11-21-41,42-22-12-8-13-23-42)43-24-14-9-15-25-43/h7-27,30-31,39-40,46-47,58-60H,28-29,32-34,36-38H2,1-6H3,(H,54,57). The molecule has 5 aromatic rings. The van der Waals surface area contributed by atoms with Gasteiger partial charge in [-0.3, -0.25) is 0 Å². The van der Waals surface area contributed by atoms with Crippen molar-refractivity contribution < 1.29 is 28.9 Å². The second-order valence-corrected chi connectivity index (χ2v) is 20.3. The van der Waals surface area contributed by atoms with Crippen LogP contribution < -0.4 is 5.32 Å². The predicted molar refractivity (Wildman–Crippen MR) is 250 cm³/mol. The second-order valence-electron chi connectivity index (χ2n) is 16.8. The Balaban J connectivity index is 1.60. The third-order valence-electron chi connectivity index (χ3n) is 12.1. The van der Waals surface area contributed by atoms with E-state index in [9.17, 15) is 24.7 Å². The Hall–Kier alpha value is -4.93. The van der Waals surface area contributed by atoms with Gasteiger partial charge in [0.15, 0.2) is 0 Å². The summed E-state index contributed by atoms with van der Waals surface area (Å²) in [6, 6.07) is 41.4. The van der Waals surface area contributed by atoms with E-state index in [0.717, 1.165) is 28.1 Å². The van der Waals surface area contributed by atoms with Gasteiger partial charge in [0, 0.05) is 0 Å². The molecule has 0 saturated carbocycles. The fraction of sp³-hybridized carbons (Fsp3) is 0.400. The van der Waals surface area contributed by atoms with Crippen molar-refractivity contribution in [3.8, 4) is 6.07 Å². The first kappa shape index (κ1) is 49.1. The Labute approximate surface area is 373 Å². The Morgan fingerprint density at radius 2 is 1.14 bits per heavy atom. The van der Waals surface area contributed by atoms with Crippen molar-refractivity contribution in [2.75, 3.05) is 46.6 Å². The van der Waals surface area contributed by atoms with Gasteiger partial charge in [-0.2, -0.15) is 0 Å². The van der Waals surface area contributed by atoms with Crippen LogP contribution in [0.4, 0.5) is 0 Å². The number of carbonyl (C=O) groups excluding carboxylic acids is 1. The van der Waals surface area contributed by atoms with Crippen molar-refractivity contribution in [2.45, 2.75) is 81.9 Å². The third-order valence-corrected chi connectivity index (χ3v) is 15.0. The number of hydrogen-bond donors (Lipinski definition) is 4. The van der Waals surface area contributed by atoms with Crippen LogP contribution in [0.15, 0.2) is 140 Å². The molecule has 0 fully saturated rings. The first-order chi connectivity index (χ1) is 30.2. The van der Waals surface area contributed by atoms with E-state index in [1.807, 2.05) is 165 Å². The van der Waals surface area contributed by atoms with Crippen LogP contribution in [0.3, 0.4) is 0 Å². The zero-order valence-electron chi connectivity index (χ0n) is 37.5. The summed E-state index contributed by atoms with van der Waals surface area (Å²) in [6.07, 6.45) is 3.68. The molecule has 2 atom stereocenters. The van der Waals surface area contributed by atoms with E-state index >= 15 is 0 Å². The normalized spacial score (nSPS) is 14.0. The molecule has 4 N–H and O–H groups in total. The zero-order chi connectivity index (χ0) is 45.5. The van der Waals surface area contributed by atoms with Crippen LogP contribution in [0.1, 0.15) is 62.2 Å². The molecule has 336 valence electrons. The number of nitrogens with one attached hydrogen (secondary N) is 1. The van der Waals surface area contributed by atoms with Crippen molar-refractivity contribution >= 4 is 13.2 Å². The molecule has 13 heteroatoms. The number of pyridine rings is 2. The van der Waals surface area contributed by atoms with Crippen molar-refractivity contribution in [1.29, 1.82) is 5.26 Å². The van der Waals surface area contributed by atoms with Gasteiger partial charge in [0.25, 0.3) is 0 Å². The Bertz CT molecular complexity index is 2020. The number of benzene rings is 3. The van der Waals surface area contributed by atoms with Gasteiger partial charge in [-0.05, 0) is 0 Å². The van der Waals surface area contributed by atoms with E-state index in [1.54, 1.807) is 12.4 Å². The molecular weight excluding hydrogens is 812 g/mol. The van der Waals surface area contributed by atoms with Gasteiger partial charge in [-0.15, -0.1) is 0 Å². The molecule has 0 aliphatic heterocycles. The van der Waals surface area contributed by atoms with E-state index in [4.69, 9.17) is 9.47 Å². The molecule has 0 aliphatic carbocycles. The summed E-state index contributed by atoms with van der Waals surface area (Å²) in [6.45, 7) is 8.33. The maximum atomic E-state index is 14.2. The Morgan fingerprint density at radius 3 is 1.51 bits per heavy atom. The van der Waals surface area contributed by atoms with Crippen LogP contribution in [0.5, 0.6) is 0 Å². The number of rotatable bonds is 24. The zero-order valence-corrected chi connectivity index (χ0v) is 38.4. The first-order valence-corrected chi connectivity index (χ1v) is 24.0. The van der Waals surface area contributed by atoms with Crippen molar-refractivity contribution in [1.82, 2.24) is 25.1 Å². The quantitative estimate of drug-likeness (QED) is 0.0295. The summed E-state index contributed by atoms with van der Waals surface area (Å²) >= 11 is 0. The van der Waals surface area contributed by atoms with Gasteiger partial charge in [-0.25, -0.2) is 0 Å². The topological polar surface area (TPSA) is 164 Å². The van der Waals surface area contributed by atoms with Crippen molar-refractivity contribution in [3.05, 3.63) is 168 Å². The fourth-order valence-electron chi connectivity index (χ4n) is 9.09. The van der Waals surface area contributed by atoms with Gasteiger partial charge in [-0.1, -0.05) is 0 Å². The van der Waals surface area contributed by atoms with Crippen molar-refractivity contribution in [2.24, 2.45) is 0 Å². The molecule has 0 spiro atoms. The number of nitrogens with zero attached hydrogens (tertiary/aromatic N) is 5. The molecule has 3 aromatic carbocycles. The van der Waals surface area contributed by atoms with Gasteiger partial charge in [0.1, 0.15) is 0 Å². The van der Waals surface area contributed by atoms with Gasteiger partial charge in [0.05, 0.1) is 0 Å². The van der Waals surface area contributed by atoms with Gasteiger partial charge >= 0.3 is 375 Å². The van der Waals surface area contributed by atoms with E-state index in [-0.39, 0.29) is 31.6 Å².